The maximum Gasteiger partial charge on any atom is 0.184 e. The molecule has 0 aliphatic rings. The monoisotopic (exact) mass is 130 g/mol. The summed E-state index contributed by atoms with van der Waals surface area (Å²) in [6.07, 6.45) is 1.56. The van der Waals surface area contributed by atoms with Crippen molar-refractivity contribution in [2.75, 3.05) is 0 Å². The van der Waals surface area contributed by atoms with Crippen molar-refractivity contribution in [2.45, 2.75) is 26.4 Å². The summed E-state index contributed by atoms with van der Waals surface area (Å²) in [5.41, 5.74) is 1.91. The molecule has 0 saturated carbocycles. The lowest BCUT2D eigenvalue weighted by Crippen LogP contribution is -2.07. The highest BCUT2D eigenvalue weighted by atomic mass is 28.2. The van der Waals surface area contributed by atoms with Crippen molar-refractivity contribution in [3.63, 3.8) is 0 Å². The van der Waals surface area contributed by atoms with Gasteiger partial charge in [0.15, 0.2) is 9.76 Å². The molecule has 0 aromatic carbocycles. The van der Waals surface area contributed by atoms with Crippen molar-refractivity contribution in [3.05, 3.63) is 12.3 Å². The lowest BCUT2D eigenvalue weighted by molar-refractivity contribution is 0.233. The van der Waals surface area contributed by atoms with Crippen LogP contribution in [0.3, 0.4) is 0 Å². The Hall–Kier alpha value is -0.0831. The molecule has 0 radical (unpaired) electrons. The van der Waals surface area contributed by atoms with E-state index in [1.807, 2.05) is 5.70 Å². The van der Waals surface area contributed by atoms with Crippen LogP contribution in [0.25, 0.3) is 0 Å². The van der Waals surface area contributed by atoms with Gasteiger partial charge in [-0.15, -0.1) is 6.58 Å². The molecule has 0 aromatic heterocycles. The molecule has 1 nitrogen and oxygen atoms in total. The third-order valence-corrected chi connectivity index (χ3v) is 2.07. The van der Waals surface area contributed by atoms with E-state index in [2.05, 4.69) is 20.4 Å². The van der Waals surface area contributed by atoms with E-state index in [4.69, 9.17) is 4.43 Å². The van der Waals surface area contributed by atoms with E-state index >= 15 is 0 Å². The molecule has 0 N–H and O–H groups in total. The van der Waals surface area contributed by atoms with E-state index < -0.39 is 0 Å². The fraction of sp³-hybridized carbons (Fsp3) is 0.667. The van der Waals surface area contributed by atoms with E-state index in [0.717, 1.165) is 6.42 Å². The second-order valence-corrected chi connectivity index (χ2v) is 3.08. The normalized spacial score (nSPS) is 14.8. The third-order valence-electron chi connectivity index (χ3n) is 1.07. The Morgan fingerprint density at radius 1 is 1.88 bits per heavy atom. The van der Waals surface area contributed by atoms with Gasteiger partial charge in [0, 0.05) is 6.10 Å². The fourth-order valence-electron chi connectivity index (χ4n) is 0.350. The average molecular weight is 130 g/mol. The minimum atomic E-state index is -0.373. The second kappa shape index (κ2) is 5.06. The molecule has 0 aliphatic carbocycles. The predicted octanol–water partition coefficient (Wildman–Crippen LogP) is 1.03. The smallest absolute Gasteiger partial charge is 0.184 e. The van der Waals surface area contributed by atoms with Gasteiger partial charge >= 0.3 is 0 Å². The van der Waals surface area contributed by atoms with E-state index in [-0.39, 0.29) is 9.76 Å². The lowest BCUT2D eigenvalue weighted by Gasteiger charge is -2.06. The van der Waals surface area contributed by atoms with Gasteiger partial charge in [-0.2, -0.15) is 0 Å². The third kappa shape index (κ3) is 4.09. The summed E-state index contributed by atoms with van der Waals surface area (Å²) in [5, 5.41) is 0. The molecule has 0 aliphatic heterocycles. The van der Waals surface area contributed by atoms with E-state index in [1.165, 1.54) is 0 Å². The molecule has 0 aromatic rings. The topological polar surface area (TPSA) is 9.23 Å². The largest absolute Gasteiger partial charge is 0.417 e. The van der Waals surface area contributed by atoms with Crippen molar-refractivity contribution < 1.29 is 4.43 Å². The predicted molar refractivity (Wildman–Crippen MR) is 39.6 cm³/mol. The van der Waals surface area contributed by atoms with Crippen LogP contribution in [0.5, 0.6) is 0 Å². The van der Waals surface area contributed by atoms with Crippen LogP contribution in [-0.2, 0) is 4.43 Å². The van der Waals surface area contributed by atoms with Crippen LogP contribution >= 0.6 is 0 Å². The lowest BCUT2D eigenvalue weighted by atomic mass is 10.3. The first-order valence-corrected chi connectivity index (χ1v) is 4.43. The van der Waals surface area contributed by atoms with Crippen molar-refractivity contribution in [1.29, 1.82) is 0 Å². The van der Waals surface area contributed by atoms with Crippen LogP contribution < -0.4 is 0 Å². The molecular formula is C6H14OSi. The zero-order valence-corrected chi connectivity index (χ0v) is 7.10. The number of hydrogen-bond acceptors (Lipinski definition) is 1. The van der Waals surface area contributed by atoms with Gasteiger partial charge in [-0.25, -0.2) is 0 Å². The summed E-state index contributed by atoms with van der Waals surface area (Å²) in [7, 11) is -0.373. The first kappa shape index (κ1) is 7.92. The summed E-state index contributed by atoms with van der Waals surface area (Å²) in [5.74, 6) is 0. The highest BCUT2D eigenvalue weighted by Gasteiger charge is 1.92. The van der Waals surface area contributed by atoms with Gasteiger partial charge in [0.05, 0.1) is 0 Å². The Morgan fingerprint density at radius 3 is 2.88 bits per heavy atom. The molecule has 2 heteroatoms. The van der Waals surface area contributed by atoms with Gasteiger partial charge in [0.25, 0.3) is 0 Å². The summed E-state index contributed by atoms with van der Waals surface area (Å²) in [4.78, 5) is 0. The van der Waals surface area contributed by atoms with Crippen molar-refractivity contribution in [3.8, 4) is 0 Å². The van der Waals surface area contributed by atoms with Crippen LogP contribution in [-0.4, -0.2) is 15.9 Å². The molecule has 0 heterocycles. The summed E-state index contributed by atoms with van der Waals surface area (Å²) in [6.45, 7) is 7.82. The van der Waals surface area contributed by atoms with Crippen LogP contribution in [0.4, 0.5) is 0 Å². The maximum atomic E-state index is 5.36. The van der Waals surface area contributed by atoms with Crippen LogP contribution in [0.1, 0.15) is 20.3 Å². The Labute approximate surface area is 53.7 Å². The average Bonchev–Trinajstić information content (AvgIpc) is 1.83. The first-order valence-electron chi connectivity index (χ1n) is 3.03. The molecule has 0 spiro atoms. The van der Waals surface area contributed by atoms with Crippen molar-refractivity contribution in [2.24, 2.45) is 0 Å². The Kier molecular flexibility index (Phi) is 5.01. The van der Waals surface area contributed by atoms with Crippen molar-refractivity contribution >= 4 is 9.76 Å². The Balaban J connectivity index is 2.97. The SMILES string of the molecule is C=C[SiH2]OC(C)CC. The Bertz CT molecular complexity index is 63.5. The quantitative estimate of drug-likeness (QED) is 0.516. The van der Waals surface area contributed by atoms with Gasteiger partial charge in [-0.3, -0.25) is 0 Å². The summed E-state index contributed by atoms with van der Waals surface area (Å²) < 4.78 is 5.36. The molecule has 0 saturated heterocycles. The van der Waals surface area contributed by atoms with E-state index in [0.29, 0.717) is 6.10 Å². The van der Waals surface area contributed by atoms with Gasteiger partial charge in [0.1, 0.15) is 0 Å². The molecule has 8 heavy (non-hydrogen) atoms. The standard InChI is InChI=1S/C6H14OSi/c1-4-6(3)7-8-5-2/h5-6H,2,4,8H2,1,3H3. The van der Waals surface area contributed by atoms with Gasteiger partial charge in [-0.1, -0.05) is 12.6 Å². The van der Waals surface area contributed by atoms with Gasteiger partial charge < -0.3 is 4.43 Å². The molecule has 0 rings (SSSR count). The van der Waals surface area contributed by atoms with Crippen LogP contribution in [0, 0.1) is 0 Å². The summed E-state index contributed by atoms with van der Waals surface area (Å²) >= 11 is 0. The van der Waals surface area contributed by atoms with E-state index in [9.17, 15) is 0 Å². The maximum absolute atomic E-state index is 5.36. The van der Waals surface area contributed by atoms with Gasteiger partial charge in [-0.05, 0) is 13.3 Å². The number of hydrogen-bond donors (Lipinski definition) is 0. The minimum absolute atomic E-state index is 0.373. The molecule has 1 unspecified atom stereocenters. The minimum Gasteiger partial charge on any atom is -0.417 e. The highest BCUT2D eigenvalue weighted by molar-refractivity contribution is 6.34. The Morgan fingerprint density at radius 2 is 2.50 bits per heavy atom. The molecule has 0 fully saturated rings. The van der Waals surface area contributed by atoms with Crippen LogP contribution in [0.15, 0.2) is 12.3 Å². The van der Waals surface area contributed by atoms with Gasteiger partial charge in [0.2, 0.25) is 0 Å². The van der Waals surface area contributed by atoms with E-state index in [1.54, 1.807) is 0 Å². The summed E-state index contributed by atoms with van der Waals surface area (Å²) in [6, 6.07) is 0. The first-order chi connectivity index (χ1) is 3.81. The van der Waals surface area contributed by atoms with Crippen molar-refractivity contribution in [1.82, 2.24) is 0 Å². The molecule has 0 amide bonds. The second-order valence-electron chi connectivity index (χ2n) is 1.84. The van der Waals surface area contributed by atoms with Crippen LogP contribution in [0.2, 0.25) is 0 Å². The molecular weight excluding hydrogens is 116 g/mol. The molecule has 48 valence electrons. The number of rotatable bonds is 4. The zero-order chi connectivity index (χ0) is 6.41. The fourth-order valence-corrected chi connectivity index (χ4v) is 1.05. The highest BCUT2D eigenvalue weighted by Crippen LogP contribution is 1.92. The zero-order valence-electron chi connectivity index (χ0n) is 5.68. The molecule has 1 atom stereocenters. The molecule has 0 bridgehead atoms.